The van der Waals surface area contributed by atoms with E-state index >= 15 is 0 Å². The van der Waals surface area contributed by atoms with Gasteiger partial charge in [-0.25, -0.2) is 0 Å². The van der Waals surface area contributed by atoms with E-state index in [2.05, 4.69) is 5.32 Å². The Morgan fingerprint density at radius 3 is 2.70 bits per heavy atom. The van der Waals surface area contributed by atoms with Gasteiger partial charge in [-0.2, -0.15) is 0 Å². The van der Waals surface area contributed by atoms with E-state index in [1.807, 2.05) is 26.0 Å². The Kier molecular flexibility index (Phi) is 4.27. The molecule has 20 heavy (non-hydrogen) atoms. The molecule has 1 atom stereocenters. The molecule has 5 heteroatoms. The fraction of sp³-hybridized carbons (Fsp3) is 0.467. The molecule has 1 fully saturated rings. The third-order valence-corrected chi connectivity index (χ3v) is 3.28. The summed E-state index contributed by atoms with van der Waals surface area (Å²) in [5.41, 5.74) is 0.642. The summed E-state index contributed by atoms with van der Waals surface area (Å²) in [7, 11) is 1.55. The van der Waals surface area contributed by atoms with Gasteiger partial charge in [0.25, 0.3) is 0 Å². The van der Waals surface area contributed by atoms with Crippen molar-refractivity contribution in [3.8, 4) is 5.75 Å². The molecule has 0 radical (unpaired) electrons. The molecular weight excluding hydrogens is 256 g/mol. The number of anilines is 1. The first-order valence-electron chi connectivity index (χ1n) is 6.76. The highest BCUT2D eigenvalue weighted by Gasteiger charge is 2.34. The Hall–Kier alpha value is -2.04. The summed E-state index contributed by atoms with van der Waals surface area (Å²) in [5, 5.41) is 2.76. The predicted molar refractivity (Wildman–Crippen MR) is 76.7 cm³/mol. The number of nitrogens with one attached hydrogen (secondary N) is 1. The second-order valence-electron chi connectivity index (χ2n) is 5.35. The molecule has 1 heterocycles. The summed E-state index contributed by atoms with van der Waals surface area (Å²) in [5.74, 6) is 0.713. The van der Waals surface area contributed by atoms with Crippen molar-refractivity contribution in [1.29, 1.82) is 0 Å². The van der Waals surface area contributed by atoms with E-state index in [0.29, 0.717) is 23.8 Å². The third-order valence-electron chi connectivity index (χ3n) is 3.28. The van der Waals surface area contributed by atoms with Crippen molar-refractivity contribution in [2.75, 3.05) is 18.6 Å². The van der Waals surface area contributed by atoms with Crippen molar-refractivity contribution in [3.05, 3.63) is 24.3 Å². The second kappa shape index (κ2) is 5.94. The highest BCUT2D eigenvalue weighted by molar-refractivity contribution is 6.07. The van der Waals surface area contributed by atoms with E-state index in [1.165, 1.54) is 4.90 Å². The monoisotopic (exact) mass is 276 g/mol. The standard InChI is InChI=1S/C15H20N2O3/c1-10(2)8-11-15(19)17(9-14(18)16-11)12-6-4-5-7-13(12)20-3/h4-7,10-11H,8-9H2,1-3H3,(H,16,18). The third kappa shape index (κ3) is 2.92. The van der Waals surface area contributed by atoms with Gasteiger partial charge in [0.15, 0.2) is 0 Å². The van der Waals surface area contributed by atoms with Crippen LogP contribution in [0.1, 0.15) is 20.3 Å². The van der Waals surface area contributed by atoms with Gasteiger partial charge in [-0.05, 0) is 24.5 Å². The molecule has 1 unspecified atom stereocenters. The molecule has 1 saturated heterocycles. The SMILES string of the molecule is COc1ccccc1N1CC(=O)NC(CC(C)C)C1=O. The molecule has 0 saturated carbocycles. The van der Waals surface area contributed by atoms with Crippen LogP contribution in [0.4, 0.5) is 5.69 Å². The molecule has 108 valence electrons. The summed E-state index contributed by atoms with van der Waals surface area (Å²) >= 11 is 0. The van der Waals surface area contributed by atoms with Crippen molar-refractivity contribution in [2.24, 2.45) is 5.92 Å². The van der Waals surface area contributed by atoms with Crippen LogP contribution in [0.2, 0.25) is 0 Å². The number of hydrogen-bond acceptors (Lipinski definition) is 3. The molecule has 2 rings (SSSR count). The molecular formula is C15H20N2O3. The highest BCUT2D eigenvalue weighted by atomic mass is 16.5. The van der Waals surface area contributed by atoms with Crippen LogP contribution < -0.4 is 15.0 Å². The highest BCUT2D eigenvalue weighted by Crippen LogP contribution is 2.29. The molecule has 2 amide bonds. The molecule has 1 aromatic carbocycles. The first-order chi connectivity index (χ1) is 9.52. The van der Waals surface area contributed by atoms with E-state index in [1.54, 1.807) is 19.2 Å². The number of rotatable bonds is 4. The lowest BCUT2D eigenvalue weighted by atomic mass is 10.0. The summed E-state index contributed by atoms with van der Waals surface area (Å²) in [6.07, 6.45) is 0.635. The lowest BCUT2D eigenvalue weighted by Crippen LogP contribution is -2.58. The number of piperazine rings is 1. The zero-order chi connectivity index (χ0) is 14.7. The summed E-state index contributed by atoms with van der Waals surface area (Å²) in [6.45, 7) is 4.09. The summed E-state index contributed by atoms with van der Waals surface area (Å²) < 4.78 is 5.27. The fourth-order valence-electron chi connectivity index (χ4n) is 2.40. The number of hydrogen-bond donors (Lipinski definition) is 1. The van der Waals surface area contributed by atoms with Gasteiger partial charge in [-0.1, -0.05) is 26.0 Å². The van der Waals surface area contributed by atoms with Crippen molar-refractivity contribution in [1.82, 2.24) is 5.32 Å². The van der Waals surface area contributed by atoms with Gasteiger partial charge >= 0.3 is 0 Å². The van der Waals surface area contributed by atoms with Crippen LogP contribution in [0.3, 0.4) is 0 Å². The van der Waals surface area contributed by atoms with E-state index in [-0.39, 0.29) is 18.4 Å². The van der Waals surface area contributed by atoms with Crippen molar-refractivity contribution in [3.63, 3.8) is 0 Å². The molecule has 1 aliphatic rings. The van der Waals surface area contributed by atoms with Gasteiger partial charge in [0, 0.05) is 0 Å². The Morgan fingerprint density at radius 2 is 2.05 bits per heavy atom. The number of benzene rings is 1. The minimum Gasteiger partial charge on any atom is -0.495 e. The zero-order valence-corrected chi connectivity index (χ0v) is 12.1. The topological polar surface area (TPSA) is 58.6 Å². The lowest BCUT2D eigenvalue weighted by Gasteiger charge is -2.33. The number of methoxy groups -OCH3 is 1. The number of para-hydroxylation sites is 2. The van der Waals surface area contributed by atoms with Crippen LogP contribution in [0.5, 0.6) is 5.75 Å². The molecule has 1 N–H and O–H groups in total. The lowest BCUT2D eigenvalue weighted by molar-refractivity contribution is -0.131. The van der Waals surface area contributed by atoms with Crippen LogP contribution >= 0.6 is 0 Å². The van der Waals surface area contributed by atoms with E-state index in [9.17, 15) is 9.59 Å². The average Bonchev–Trinajstić information content (AvgIpc) is 2.42. The largest absolute Gasteiger partial charge is 0.495 e. The van der Waals surface area contributed by atoms with Crippen LogP contribution in [-0.2, 0) is 9.59 Å². The maximum absolute atomic E-state index is 12.5. The average molecular weight is 276 g/mol. The van der Waals surface area contributed by atoms with Crippen molar-refractivity contribution >= 4 is 17.5 Å². The molecule has 0 aromatic heterocycles. The van der Waals surface area contributed by atoms with Gasteiger partial charge in [0.2, 0.25) is 11.8 Å². The first kappa shape index (κ1) is 14.4. The van der Waals surface area contributed by atoms with Crippen LogP contribution in [-0.4, -0.2) is 31.5 Å². The van der Waals surface area contributed by atoms with Gasteiger partial charge in [-0.15, -0.1) is 0 Å². The minimum atomic E-state index is -0.457. The van der Waals surface area contributed by atoms with E-state index in [0.717, 1.165) is 0 Å². The number of ether oxygens (including phenoxy) is 1. The van der Waals surface area contributed by atoms with E-state index < -0.39 is 6.04 Å². The van der Waals surface area contributed by atoms with Gasteiger partial charge in [0.1, 0.15) is 18.3 Å². The molecule has 1 aromatic rings. The normalized spacial score (nSPS) is 19.2. The summed E-state index contributed by atoms with van der Waals surface area (Å²) in [4.78, 5) is 25.9. The number of nitrogens with zero attached hydrogens (tertiary/aromatic N) is 1. The van der Waals surface area contributed by atoms with Crippen LogP contribution in [0, 0.1) is 5.92 Å². The molecule has 5 nitrogen and oxygen atoms in total. The predicted octanol–water partition coefficient (Wildman–Crippen LogP) is 1.57. The fourth-order valence-corrected chi connectivity index (χ4v) is 2.40. The van der Waals surface area contributed by atoms with Crippen molar-refractivity contribution < 1.29 is 14.3 Å². The smallest absolute Gasteiger partial charge is 0.250 e. The van der Waals surface area contributed by atoms with Gasteiger partial charge < -0.3 is 10.1 Å². The maximum atomic E-state index is 12.5. The number of amides is 2. The molecule has 0 spiro atoms. The minimum absolute atomic E-state index is 0.0355. The molecule has 0 aliphatic carbocycles. The van der Waals surface area contributed by atoms with Gasteiger partial charge in [-0.3, -0.25) is 14.5 Å². The first-order valence-corrected chi connectivity index (χ1v) is 6.76. The molecule has 1 aliphatic heterocycles. The Labute approximate surface area is 118 Å². The Morgan fingerprint density at radius 1 is 1.35 bits per heavy atom. The summed E-state index contributed by atoms with van der Waals surface area (Å²) in [6, 6.07) is 6.78. The quantitative estimate of drug-likeness (QED) is 0.908. The Balaban J connectivity index is 2.30. The second-order valence-corrected chi connectivity index (χ2v) is 5.35. The number of carbonyl (C=O) groups excluding carboxylic acids is 2. The maximum Gasteiger partial charge on any atom is 0.250 e. The van der Waals surface area contributed by atoms with Gasteiger partial charge in [0.05, 0.1) is 12.8 Å². The Bertz CT molecular complexity index is 514. The molecule has 0 bridgehead atoms. The van der Waals surface area contributed by atoms with Crippen molar-refractivity contribution in [2.45, 2.75) is 26.3 Å². The number of carbonyl (C=O) groups is 2. The van der Waals surface area contributed by atoms with Crippen LogP contribution in [0.25, 0.3) is 0 Å². The van der Waals surface area contributed by atoms with E-state index in [4.69, 9.17) is 4.74 Å². The van der Waals surface area contributed by atoms with Crippen LogP contribution in [0.15, 0.2) is 24.3 Å². The zero-order valence-electron chi connectivity index (χ0n) is 12.1.